The minimum atomic E-state index is -0.927. The third-order valence-corrected chi connectivity index (χ3v) is 5.13. The fourth-order valence-electron chi connectivity index (χ4n) is 3.27. The Morgan fingerprint density at radius 3 is 2.37 bits per heavy atom. The standard InChI is InChI=1S/C21H20Cl2N2O5/c1-4-30-20(26)14-16(11-8-6-5-7-9-11)24-21(27)25-17(14)12-10-13(22)19(29-3)15(23)18(12)28-2/h5-10,17H,4H2,1-3H3,(H2,24,25,27). The molecule has 0 saturated carbocycles. The van der Waals surface area contributed by atoms with Gasteiger partial charge in [-0.1, -0.05) is 53.5 Å². The lowest BCUT2D eigenvalue weighted by Crippen LogP contribution is -2.45. The minimum Gasteiger partial charge on any atom is -0.495 e. The first-order chi connectivity index (χ1) is 14.4. The molecule has 0 aliphatic carbocycles. The number of hydrogen-bond acceptors (Lipinski definition) is 5. The molecule has 2 N–H and O–H groups in total. The Morgan fingerprint density at radius 2 is 1.77 bits per heavy atom. The molecular weight excluding hydrogens is 431 g/mol. The first-order valence-electron chi connectivity index (χ1n) is 9.06. The Kier molecular flexibility index (Phi) is 6.74. The second-order valence-corrected chi connectivity index (χ2v) is 7.02. The van der Waals surface area contributed by atoms with Crippen LogP contribution in [-0.4, -0.2) is 32.8 Å². The van der Waals surface area contributed by atoms with Crippen LogP contribution in [-0.2, 0) is 9.53 Å². The van der Waals surface area contributed by atoms with Gasteiger partial charge >= 0.3 is 12.0 Å². The largest absolute Gasteiger partial charge is 0.495 e. The number of nitrogens with one attached hydrogen (secondary N) is 2. The molecule has 2 amide bonds. The third kappa shape index (κ3) is 4.04. The number of methoxy groups -OCH3 is 2. The molecule has 0 saturated heterocycles. The number of rotatable bonds is 6. The van der Waals surface area contributed by atoms with E-state index < -0.39 is 18.0 Å². The van der Waals surface area contributed by atoms with E-state index in [1.54, 1.807) is 37.3 Å². The number of carbonyl (C=O) groups is 2. The number of amides is 2. The van der Waals surface area contributed by atoms with E-state index in [9.17, 15) is 9.59 Å². The molecular formula is C21H20Cl2N2O5. The molecule has 2 aromatic carbocycles. The highest BCUT2D eigenvalue weighted by Crippen LogP contribution is 2.46. The molecule has 1 heterocycles. The molecule has 0 aromatic heterocycles. The number of carbonyl (C=O) groups excluding carboxylic acids is 2. The normalized spacial score (nSPS) is 15.9. The van der Waals surface area contributed by atoms with Gasteiger partial charge in [0.25, 0.3) is 0 Å². The van der Waals surface area contributed by atoms with E-state index in [2.05, 4.69) is 10.6 Å². The number of halogens is 2. The van der Waals surface area contributed by atoms with E-state index in [4.69, 9.17) is 37.4 Å². The second kappa shape index (κ2) is 9.28. The van der Waals surface area contributed by atoms with Crippen molar-refractivity contribution in [2.24, 2.45) is 0 Å². The molecule has 7 nitrogen and oxygen atoms in total. The van der Waals surface area contributed by atoms with Gasteiger partial charge in [0.15, 0.2) is 5.75 Å². The van der Waals surface area contributed by atoms with Crippen molar-refractivity contribution < 1.29 is 23.8 Å². The Balaban J connectivity index is 2.29. The van der Waals surface area contributed by atoms with Gasteiger partial charge in [-0.2, -0.15) is 0 Å². The molecule has 158 valence electrons. The lowest BCUT2D eigenvalue weighted by atomic mass is 9.92. The van der Waals surface area contributed by atoms with Gasteiger partial charge in [0, 0.05) is 5.56 Å². The Labute approximate surface area is 183 Å². The summed E-state index contributed by atoms with van der Waals surface area (Å²) in [4.78, 5) is 25.5. The SMILES string of the molecule is CCOC(=O)C1=C(c2ccccc2)NC(=O)NC1c1cc(Cl)c(OC)c(Cl)c1OC. The summed E-state index contributed by atoms with van der Waals surface area (Å²) in [5, 5.41) is 5.78. The highest BCUT2D eigenvalue weighted by Gasteiger charge is 2.37. The van der Waals surface area contributed by atoms with Gasteiger partial charge in [0.2, 0.25) is 0 Å². The summed E-state index contributed by atoms with van der Waals surface area (Å²) in [6.45, 7) is 1.86. The lowest BCUT2D eigenvalue weighted by Gasteiger charge is -2.31. The zero-order valence-corrected chi connectivity index (χ0v) is 18.1. The predicted octanol–water partition coefficient (Wildman–Crippen LogP) is 4.34. The first-order valence-corrected chi connectivity index (χ1v) is 9.82. The molecule has 30 heavy (non-hydrogen) atoms. The van der Waals surface area contributed by atoms with Gasteiger partial charge in [-0.25, -0.2) is 9.59 Å². The van der Waals surface area contributed by atoms with Crippen molar-refractivity contribution in [3.63, 3.8) is 0 Å². The Morgan fingerprint density at radius 1 is 1.10 bits per heavy atom. The summed E-state index contributed by atoms with van der Waals surface area (Å²) >= 11 is 12.8. The summed E-state index contributed by atoms with van der Waals surface area (Å²) in [5.41, 5.74) is 1.55. The van der Waals surface area contributed by atoms with E-state index in [1.807, 2.05) is 6.07 Å². The zero-order chi connectivity index (χ0) is 21.8. The van der Waals surface area contributed by atoms with Crippen molar-refractivity contribution in [2.75, 3.05) is 20.8 Å². The summed E-state index contributed by atoms with van der Waals surface area (Å²) in [6.07, 6.45) is 0. The molecule has 1 atom stereocenters. The van der Waals surface area contributed by atoms with Crippen LogP contribution in [0.25, 0.3) is 5.70 Å². The summed E-state index contributed by atoms with van der Waals surface area (Å²) < 4.78 is 16.0. The van der Waals surface area contributed by atoms with Crippen LogP contribution in [0.3, 0.4) is 0 Å². The van der Waals surface area contributed by atoms with E-state index in [0.29, 0.717) is 16.8 Å². The maximum absolute atomic E-state index is 13.0. The summed E-state index contributed by atoms with van der Waals surface area (Å²) in [5.74, 6) is -0.151. The molecule has 0 fully saturated rings. The number of esters is 1. The number of benzene rings is 2. The third-order valence-electron chi connectivity index (χ3n) is 4.51. The fourth-order valence-corrected chi connectivity index (χ4v) is 3.97. The molecule has 0 radical (unpaired) electrons. The zero-order valence-electron chi connectivity index (χ0n) is 16.5. The quantitative estimate of drug-likeness (QED) is 0.639. The van der Waals surface area contributed by atoms with Crippen molar-refractivity contribution in [1.29, 1.82) is 0 Å². The van der Waals surface area contributed by atoms with Gasteiger partial charge in [-0.15, -0.1) is 0 Å². The Hall–Kier alpha value is -2.90. The van der Waals surface area contributed by atoms with Crippen molar-refractivity contribution >= 4 is 40.9 Å². The smallest absolute Gasteiger partial charge is 0.338 e. The van der Waals surface area contributed by atoms with Crippen LogP contribution in [0.4, 0.5) is 4.79 Å². The molecule has 0 spiro atoms. The average Bonchev–Trinajstić information content (AvgIpc) is 2.73. The number of ether oxygens (including phenoxy) is 3. The van der Waals surface area contributed by atoms with E-state index in [0.717, 1.165) is 0 Å². The second-order valence-electron chi connectivity index (χ2n) is 6.23. The molecule has 0 bridgehead atoms. The highest BCUT2D eigenvalue weighted by atomic mass is 35.5. The van der Waals surface area contributed by atoms with Crippen LogP contribution in [0.5, 0.6) is 11.5 Å². The number of urea groups is 1. The van der Waals surface area contributed by atoms with Gasteiger partial charge < -0.3 is 24.8 Å². The number of hydrogen-bond donors (Lipinski definition) is 2. The maximum atomic E-state index is 13.0. The van der Waals surface area contributed by atoms with Gasteiger partial charge in [-0.3, -0.25) is 0 Å². The maximum Gasteiger partial charge on any atom is 0.338 e. The van der Waals surface area contributed by atoms with Gasteiger partial charge in [-0.05, 0) is 18.6 Å². The van der Waals surface area contributed by atoms with Gasteiger partial charge in [0.05, 0.1) is 43.2 Å². The molecule has 2 aromatic rings. The summed E-state index contributed by atoms with van der Waals surface area (Å²) in [6, 6.07) is 9.11. The fraction of sp³-hybridized carbons (Fsp3) is 0.238. The highest BCUT2D eigenvalue weighted by molar-refractivity contribution is 6.38. The van der Waals surface area contributed by atoms with Crippen LogP contribution in [0.2, 0.25) is 10.0 Å². The van der Waals surface area contributed by atoms with E-state index >= 15 is 0 Å². The van der Waals surface area contributed by atoms with Crippen molar-refractivity contribution in [3.8, 4) is 11.5 Å². The van der Waals surface area contributed by atoms with Crippen molar-refractivity contribution in [2.45, 2.75) is 13.0 Å². The van der Waals surface area contributed by atoms with Crippen LogP contribution < -0.4 is 20.1 Å². The van der Waals surface area contributed by atoms with Gasteiger partial charge in [0.1, 0.15) is 10.8 Å². The minimum absolute atomic E-state index is 0.125. The molecule has 1 aliphatic heterocycles. The molecule has 1 aliphatic rings. The lowest BCUT2D eigenvalue weighted by molar-refractivity contribution is -0.138. The molecule has 3 rings (SSSR count). The van der Waals surface area contributed by atoms with Crippen molar-refractivity contribution in [3.05, 3.63) is 63.1 Å². The Bertz CT molecular complexity index is 1010. The molecule has 1 unspecified atom stereocenters. The van der Waals surface area contributed by atoms with Crippen LogP contribution in [0, 0.1) is 0 Å². The van der Waals surface area contributed by atoms with Crippen LogP contribution in [0.1, 0.15) is 24.1 Å². The van der Waals surface area contributed by atoms with E-state index in [-0.39, 0.29) is 33.7 Å². The average molecular weight is 451 g/mol. The molecule has 9 heteroatoms. The first kappa shape index (κ1) is 21.8. The van der Waals surface area contributed by atoms with E-state index in [1.165, 1.54) is 14.2 Å². The monoisotopic (exact) mass is 450 g/mol. The van der Waals surface area contributed by atoms with Crippen LogP contribution in [0.15, 0.2) is 42.0 Å². The topological polar surface area (TPSA) is 85.9 Å². The van der Waals surface area contributed by atoms with Crippen molar-refractivity contribution in [1.82, 2.24) is 10.6 Å². The predicted molar refractivity (Wildman–Crippen MR) is 114 cm³/mol. The van der Waals surface area contributed by atoms with Crippen LogP contribution >= 0.6 is 23.2 Å². The summed E-state index contributed by atoms with van der Waals surface area (Å²) in [7, 11) is 2.85.